The molecule has 5 heteroatoms. The highest BCUT2D eigenvalue weighted by Crippen LogP contribution is 2.19. The van der Waals surface area contributed by atoms with Crippen molar-refractivity contribution in [1.82, 2.24) is 9.78 Å². The molecular formula is C15H14BrN3O. The Morgan fingerprint density at radius 1 is 1.20 bits per heavy atom. The first-order valence-corrected chi connectivity index (χ1v) is 7.13. The molecule has 0 unspecified atom stereocenters. The molecule has 0 aliphatic carbocycles. The molecule has 1 aromatic carbocycles. The van der Waals surface area contributed by atoms with Gasteiger partial charge in [-0.25, -0.2) is 0 Å². The Balaban J connectivity index is 1.61. The number of anilines is 1. The Bertz CT molecular complexity index is 675. The van der Waals surface area contributed by atoms with E-state index in [-0.39, 0.29) is 0 Å². The van der Waals surface area contributed by atoms with E-state index < -0.39 is 0 Å². The summed E-state index contributed by atoms with van der Waals surface area (Å²) in [5.74, 6) is 0.876. The van der Waals surface area contributed by atoms with E-state index in [1.807, 2.05) is 41.3 Å². The molecule has 0 atom stereocenters. The molecule has 0 saturated heterocycles. The lowest BCUT2D eigenvalue weighted by Crippen LogP contribution is -2.00. The number of aromatic nitrogens is 2. The lowest BCUT2D eigenvalue weighted by atomic mass is 10.2. The molecule has 0 saturated carbocycles. The van der Waals surface area contributed by atoms with E-state index in [2.05, 4.69) is 38.5 Å². The number of hydrogen-bond donors (Lipinski definition) is 1. The van der Waals surface area contributed by atoms with Crippen LogP contribution in [0.5, 0.6) is 0 Å². The van der Waals surface area contributed by atoms with E-state index in [9.17, 15) is 0 Å². The molecule has 2 aromatic heterocycles. The molecule has 0 bridgehead atoms. The van der Waals surface area contributed by atoms with E-state index >= 15 is 0 Å². The van der Waals surface area contributed by atoms with Crippen LogP contribution in [0.1, 0.15) is 11.3 Å². The van der Waals surface area contributed by atoms with Gasteiger partial charge in [-0.2, -0.15) is 5.10 Å². The van der Waals surface area contributed by atoms with Crippen molar-refractivity contribution >= 4 is 21.6 Å². The highest BCUT2D eigenvalue weighted by atomic mass is 79.9. The van der Waals surface area contributed by atoms with Crippen molar-refractivity contribution in [2.45, 2.75) is 13.1 Å². The van der Waals surface area contributed by atoms with Gasteiger partial charge in [-0.3, -0.25) is 4.68 Å². The van der Waals surface area contributed by atoms with Crippen molar-refractivity contribution < 1.29 is 4.42 Å². The van der Waals surface area contributed by atoms with Crippen LogP contribution in [0.25, 0.3) is 0 Å². The smallest absolute Gasteiger partial charge is 0.136 e. The maximum absolute atomic E-state index is 5.35. The Morgan fingerprint density at radius 3 is 2.80 bits per heavy atom. The summed E-state index contributed by atoms with van der Waals surface area (Å²) in [5, 5.41) is 7.63. The minimum atomic E-state index is 0.630. The Kier molecular flexibility index (Phi) is 3.87. The van der Waals surface area contributed by atoms with Crippen molar-refractivity contribution in [3.05, 3.63) is 70.9 Å². The molecule has 0 radical (unpaired) electrons. The normalized spacial score (nSPS) is 10.7. The zero-order valence-electron chi connectivity index (χ0n) is 10.8. The van der Waals surface area contributed by atoms with Crippen LogP contribution in [0.4, 0.5) is 5.69 Å². The third-order valence-corrected chi connectivity index (χ3v) is 3.67. The maximum Gasteiger partial charge on any atom is 0.136 e. The first kappa shape index (κ1) is 13.0. The summed E-state index contributed by atoms with van der Waals surface area (Å²) >= 11 is 3.43. The summed E-state index contributed by atoms with van der Waals surface area (Å²) in [4.78, 5) is 0. The molecule has 20 heavy (non-hydrogen) atoms. The molecule has 0 aliphatic heterocycles. The van der Waals surface area contributed by atoms with Crippen molar-refractivity contribution in [1.29, 1.82) is 0 Å². The zero-order chi connectivity index (χ0) is 13.8. The van der Waals surface area contributed by atoms with Crippen LogP contribution in [-0.2, 0) is 13.1 Å². The van der Waals surface area contributed by atoms with Gasteiger partial charge in [0.2, 0.25) is 0 Å². The fraction of sp³-hybridized carbons (Fsp3) is 0.133. The highest BCUT2D eigenvalue weighted by Gasteiger charge is 2.04. The quantitative estimate of drug-likeness (QED) is 0.771. The number of benzene rings is 1. The van der Waals surface area contributed by atoms with Crippen LogP contribution in [0.3, 0.4) is 0 Å². The third kappa shape index (κ3) is 3.11. The van der Waals surface area contributed by atoms with E-state index in [0.717, 1.165) is 22.5 Å². The van der Waals surface area contributed by atoms with Gasteiger partial charge >= 0.3 is 0 Å². The van der Waals surface area contributed by atoms with Crippen LogP contribution >= 0.6 is 15.9 Å². The molecule has 3 aromatic rings. The van der Waals surface area contributed by atoms with Gasteiger partial charge < -0.3 is 9.73 Å². The van der Waals surface area contributed by atoms with Crippen LogP contribution in [0.15, 0.2) is 63.9 Å². The predicted octanol–water partition coefficient (Wildman–Crippen LogP) is 3.90. The van der Waals surface area contributed by atoms with Crippen LogP contribution in [0.2, 0.25) is 0 Å². The molecular weight excluding hydrogens is 318 g/mol. The second kappa shape index (κ2) is 5.96. The average molecular weight is 332 g/mol. The van der Waals surface area contributed by atoms with Crippen LogP contribution in [-0.4, -0.2) is 9.78 Å². The van der Waals surface area contributed by atoms with E-state index in [1.165, 1.54) is 5.56 Å². The van der Waals surface area contributed by atoms with Gasteiger partial charge in [0.1, 0.15) is 5.76 Å². The van der Waals surface area contributed by atoms with Gasteiger partial charge in [0, 0.05) is 6.20 Å². The third-order valence-electron chi connectivity index (χ3n) is 2.96. The molecule has 3 rings (SSSR count). The van der Waals surface area contributed by atoms with Gasteiger partial charge in [0.15, 0.2) is 0 Å². The topological polar surface area (TPSA) is 43.0 Å². The van der Waals surface area contributed by atoms with Crippen molar-refractivity contribution in [3.63, 3.8) is 0 Å². The molecule has 0 aliphatic rings. The van der Waals surface area contributed by atoms with Gasteiger partial charge in [0.25, 0.3) is 0 Å². The van der Waals surface area contributed by atoms with Crippen LogP contribution < -0.4 is 5.32 Å². The summed E-state index contributed by atoms with van der Waals surface area (Å²) < 4.78 is 8.24. The first-order chi connectivity index (χ1) is 9.81. The fourth-order valence-corrected chi connectivity index (χ4v) is 2.29. The summed E-state index contributed by atoms with van der Waals surface area (Å²) in [6, 6.07) is 12.2. The molecule has 0 spiro atoms. The largest absolute Gasteiger partial charge is 0.466 e. The minimum Gasteiger partial charge on any atom is -0.466 e. The summed E-state index contributed by atoms with van der Waals surface area (Å²) in [6.07, 6.45) is 5.48. The number of furan rings is 1. The number of halogens is 1. The average Bonchev–Trinajstić information content (AvgIpc) is 3.07. The maximum atomic E-state index is 5.35. The second-order valence-corrected chi connectivity index (χ2v) is 5.31. The highest BCUT2D eigenvalue weighted by molar-refractivity contribution is 9.10. The summed E-state index contributed by atoms with van der Waals surface area (Å²) in [5.41, 5.74) is 2.21. The van der Waals surface area contributed by atoms with Gasteiger partial charge in [-0.15, -0.1) is 0 Å². The van der Waals surface area contributed by atoms with Crippen molar-refractivity contribution in [2.75, 3.05) is 5.32 Å². The van der Waals surface area contributed by atoms with E-state index in [0.29, 0.717) is 6.54 Å². The van der Waals surface area contributed by atoms with Crippen molar-refractivity contribution in [3.8, 4) is 0 Å². The van der Waals surface area contributed by atoms with E-state index in [1.54, 1.807) is 6.26 Å². The number of rotatable bonds is 5. The van der Waals surface area contributed by atoms with Crippen LogP contribution in [0, 0.1) is 0 Å². The molecule has 102 valence electrons. The SMILES string of the molecule is Brc1ccoc1CNc1cnn(Cc2ccccc2)c1. The standard InChI is InChI=1S/C15H14BrN3O/c16-14-6-7-20-15(14)9-17-13-8-18-19(11-13)10-12-4-2-1-3-5-12/h1-8,11,17H,9-10H2. The van der Waals surface area contributed by atoms with Crippen molar-refractivity contribution in [2.24, 2.45) is 0 Å². The number of nitrogens with one attached hydrogen (secondary N) is 1. The molecule has 4 nitrogen and oxygen atoms in total. The summed E-state index contributed by atoms with van der Waals surface area (Å²) in [7, 11) is 0. The Labute approximate surface area is 125 Å². The fourth-order valence-electron chi connectivity index (χ4n) is 1.95. The zero-order valence-corrected chi connectivity index (χ0v) is 12.4. The Hall–Kier alpha value is -2.01. The number of hydrogen-bond acceptors (Lipinski definition) is 3. The van der Waals surface area contributed by atoms with E-state index in [4.69, 9.17) is 4.42 Å². The lowest BCUT2D eigenvalue weighted by molar-refractivity contribution is 0.516. The number of nitrogens with zero attached hydrogens (tertiary/aromatic N) is 2. The summed E-state index contributed by atoms with van der Waals surface area (Å²) in [6.45, 7) is 1.40. The van der Waals surface area contributed by atoms with Gasteiger partial charge in [0.05, 0.1) is 35.7 Å². The first-order valence-electron chi connectivity index (χ1n) is 6.33. The molecule has 1 N–H and O–H groups in total. The minimum absolute atomic E-state index is 0.630. The predicted molar refractivity (Wildman–Crippen MR) is 81.5 cm³/mol. The Morgan fingerprint density at radius 2 is 2.05 bits per heavy atom. The van der Waals surface area contributed by atoms with Gasteiger partial charge in [-0.1, -0.05) is 30.3 Å². The molecule has 2 heterocycles. The second-order valence-electron chi connectivity index (χ2n) is 4.46. The monoisotopic (exact) mass is 331 g/mol. The lowest BCUT2D eigenvalue weighted by Gasteiger charge is -2.02. The molecule has 0 fully saturated rings. The van der Waals surface area contributed by atoms with Gasteiger partial charge in [-0.05, 0) is 27.6 Å². The molecule has 0 amide bonds.